The molecule has 0 radical (unpaired) electrons. The fourth-order valence-corrected chi connectivity index (χ4v) is 10.5. The summed E-state index contributed by atoms with van der Waals surface area (Å²) in [6.07, 6.45) is -0.853. The topological polar surface area (TPSA) is 128 Å². The van der Waals surface area contributed by atoms with Crippen LogP contribution in [0.2, 0.25) is 18.6 Å². The van der Waals surface area contributed by atoms with Crippen LogP contribution in [0.3, 0.4) is 0 Å². The predicted molar refractivity (Wildman–Crippen MR) is 190 cm³/mol. The average Bonchev–Trinajstić information content (AvgIpc) is 3.68. The third kappa shape index (κ3) is 5.52. The normalized spacial score (nSPS) is 21.9. The number of para-hydroxylation sites is 2. The molecule has 2 aliphatic heterocycles. The third-order valence-electron chi connectivity index (χ3n) is 10.1. The molecule has 4 atom stereocenters. The zero-order valence-corrected chi connectivity index (χ0v) is 28.7. The quantitative estimate of drug-likeness (QED) is 0.184. The largest absolute Gasteiger partial charge is 0.432 e. The van der Waals surface area contributed by atoms with Crippen molar-refractivity contribution in [2.24, 2.45) is 5.92 Å². The zero-order valence-electron chi connectivity index (χ0n) is 27.7. The summed E-state index contributed by atoms with van der Waals surface area (Å²) < 4.78 is 8.42. The van der Waals surface area contributed by atoms with Crippen LogP contribution in [-0.2, 0) is 26.5 Å². The number of nitrogens with zero attached hydrogens (tertiary/aromatic N) is 3. The van der Waals surface area contributed by atoms with E-state index in [4.69, 9.17) is 4.74 Å². The number of fused-ring (bicyclic) bond motifs is 3. The van der Waals surface area contributed by atoms with E-state index >= 15 is 0 Å². The van der Waals surface area contributed by atoms with Crippen LogP contribution in [0.4, 0.5) is 11.4 Å². The van der Waals surface area contributed by atoms with Gasteiger partial charge in [-0.2, -0.15) is 0 Å². The Hall–Kier alpha value is -4.81. The molecule has 1 spiro atoms. The fourth-order valence-electron chi connectivity index (χ4n) is 7.92. The Kier molecular flexibility index (Phi) is 8.40. The maximum atomic E-state index is 15.0. The van der Waals surface area contributed by atoms with E-state index in [-0.39, 0.29) is 36.9 Å². The van der Waals surface area contributed by atoms with Crippen LogP contribution < -0.4 is 10.5 Å². The highest BCUT2D eigenvalue weighted by atomic mass is 28.4. The van der Waals surface area contributed by atoms with Gasteiger partial charge >= 0.3 is 0 Å². The van der Waals surface area contributed by atoms with Gasteiger partial charge in [-0.05, 0) is 61.1 Å². The zero-order chi connectivity index (χ0) is 34.5. The number of hydrogen-bond donors (Lipinski definition) is 3. The number of aliphatic hydroxyl groups excluding tert-OH is 1. The summed E-state index contributed by atoms with van der Waals surface area (Å²) in [7, 11) is -3.08. The van der Waals surface area contributed by atoms with E-state index in [0.29, 0.717) is 40.1 Å². The molecule has 11 heteroatoms. The van der Waals surface area contributed by atoms with Crippen molar-refractivity contribution in [3.8, 4) is 5.69 Å². The monoisotopic (exact) mass is 676 g/mol. The molecule has 3 heterocycles. The van der Waals surface area contributed by atoms with Gasteiger partial charge in [-0.25, -0.2) is 4.68 Å². The van der Waals surface area contributed by atoms with Crippen molar-refractivity contribution >= 4 is 42.4 Å². The summed E-state index contributed by atoms with van der Waals surface area (Å²) in [6.45, 7) is 5.80. The number of H-pyrrole nitrogens is 1. The van der Waals surface area contributed by atoms with Gasteiger partial charge in [0.15, 0.2) is 13.9 Å². The van der Waals surface area contributed by atoms with E-state index in [0.717, 1.165) is 5.56 Å². The molecule has 2 aliphatic rings. The number of benzene rings is 4. The first-order valence-corrected chi connectivity index (χ1v) is 19.6. The van der Waals surface area contributed by atoms with Crippen molar-refractivity contribution in [1.82, 2.24) is 14.7 Å². The lowest BCUT2D eigenvalue weighted by atomic mass is 9.82. The van der Waals surface area contributed by atoms with Crippen molar-refractivity contribution in [1.29, 1.82) is 0 Å². The summed E-state index contributed by atoms with van der Waals surface area (Å²) >= 11 is 0. The highest BCUT2D eigenvalue weighted by Gasteiger charge is 2.66. The second-order valence-corrected chi connectivity index (χ2v) is 17.5. The van der Waals surface area contributed by atoms with Crippen LogP contribution in [0.5, 0.6) is 0 Å². The predicted octanol–water partition coefficient (Wildman–Crippen LogP) is 5.21. The summed E-state index contributed by atoms with van der Waals surface area (Å²) in [5.41, 5.74) is 1.74. The lowest BCUT2D eigenvalue weighted by Crippen LogP contribution is -2.45. The van der Waals surface area contributed by atoms with Crippen LogP contribution in [0, 0.1) is 5.92 Å². The smallest absolute Gasteiger partial charge is 0.279 e. The van der Waals surface area contributed by atoms with Gasteiger partial charge in [-0.15, -0.1) is 0 Å². The summed E-state index contributed by atoms with van der Waals surface area (Å²) in [6, 6.07) is 31.6. The van der Waals surface area contributed by atoms with E-state index < -0.39 is 31.5 Å². The minimum atomic E-state index is -3.08. The second-order valence-electron chi connectivity index (χ2n) is 13.6. The molecule has 2 amide bonds. The number of hydrogen-bond acceptors (Lipinski definition) is 6. The van der Waals surface area contributed by atoms with E-state index in [1.807, 2.05) is 111 Å². The molecule has 0 saturated carbocycles. The Balaban J connectivity index is 1.34. The summed E-state index contributed by atoms with van der Waals surface area (Å²) in [5, 5.41) is 13.6. The molecule has 49 heavy (non-hydrogen) atoms. The number of aromatic nitrogens is 2. The van der Waals surface area contributed by atoms with Gasteiger partial charge in [-0.1, -0.05) is 67.6 Å². The number of carbonyl (C=O) groups excluding carboxylic acids is 2. The number of amides is 2. The maximum absolute atomic E-state index is 15.0. The van der Waals surface area contributed by atoms with Gasteiger partial charge < -0.3 is 19.5 Å². The Morgan fingerprint density at radius 2 is 1.61 bits per heavy atom. The molecule has 0 bridgehead atoms. The Labute approximate surface area is 285 Å². The minimum absolute atomic E-state index is 0.0737. The standard InChI is InChI=1S/C38H40N4O6Si/c1-25-35(49(2,3)47)33(23-34(44)40(20-21-43)24-26-12-6-4-7-13-26)48-38(25)30-22-28(42-36(45)29-16-10-11-17-31(29)39-42)18-19-32(30)41(37(38)46)27-14-8-5-9-15-27/h4-19,22,25,33,35,39,43,47H,20-21,23-24H2,1-3H3/t25-,33+,35-,38+/m0/s1. The maximum Gasteiger partial charge on any atom is 0.279 e. The molecule has 5 aromatic rings. The van der Waals surface area contributed by atoms with Crippen molar-refractivity contribution in [3.05, 3.63) is 125 Å². The number of rotatable bonds is 9. The third-order valence-corrected chi connectivity index (χ3v) is 12.6. The van der Waals surface area contributed by atoms with Crippen molar-refractivity contribution < 1.29 is 24.2 Å². The number of carbonyl (C=O) groups is 2. The Bertz CT molecular complexity index is 2080. The molecule has 7 rings (SSSR count). The van der Waals surface area contributed by atoms with Crippen LogP contribution in [-0.4, -0.2) is 64.0 Å². The molecule has 4 aromatic carbocycles. The molecule has 1 fully saturated rings. The molecule has 1 aromatic heterocycles. The molecule has 0 aliphatic carbocycles. The molecule has 10 nitrogen and oxygen atoms in total. The minimum Gasteiger partial charge on any atom is -0.432 e. The van der Waals surface area contributed by atoms with Crippen LogP contribution in [0.25, 0.3) is 16.6 Å². The van der Waals surface area contributed by atoms with Gasteiger partial charge in [0.1, 0.15) is 0 Å². The van der Waals surface area contributed by atoms with Crippen LogP contribution >= 0.6 is 0 Å². The highest BCUT2D eigenvalue weighted by molar-refractivity contribution is 6.71. The number of aromatic amines is 1. The molecular weight excluding hydrogens is 637 g/mol. The van der Waals surface area contributed by atoms with Crippen LogP contribution in [0.1, 0.15) is 24.5 Å². The average molecular weight is 677 g/mol. The second kappa shape index (κ2) is 12.6. The summed E-state index contributed by atoms with van der Waals surface area (Å²) in [5.74, 6) is -1.07. The number of ether oxygens (including phenoxy) is 1. The number of nitrogens with one attached hydrogen (secondary N) is 1. The first-order chi connectivity index (χ1) is 23.5. The van der Waals surface area contributed by atoms with Crippen molar-refractivity contribution in [3.63, 3.8) is 0 Å². The summed E-state index contributed by atoms with van der Waals surface area (Å²) in [4.78, 5) is 57.5. The molecule has 3 N–H and O–H groups in total. The highest BCUT2D eigenvalue weighted by Crippen LogP contribution is 2.61. The van der Waals surface area contributed by atoms with Gasteiger partial charge in [0.2, 0.25) is 5.91 Å². The Morgan fingerprint density at radius 3 is 2.29 bits per heavy atom. The molecule has 1 saturated heterocycles. The van der Waals surface area contributed by atoms with Gasteiger partial charge in [-0.3, -0.25) is 24.4 Å². The van der Waals surface area contributed by atoms with E-state index in [2.05, 4.69) is 5.10 Å². The first-order valence-electron chi connectivity index (χ1n) is 16.6. The Morgan fingerprint density at radius 1 is 0.939 bits per heavy atom. The SMILES string of the molecule is C[C@H]1[C@H]([Si](C)(C)O)[C@@H](CC(=O)N(CCO)Cc2ccccc2)O[C@]12C(=O)N(c1ccccc1)c1ccc(-n3[nH]c4ccccc4c3=O)cc12. The van der Waals surface area contributed by atoms with Gasteiger partial charge in [0.25, 0.3) is 11.5 Å². The van der Waals surface area contributed by atoms with Crippen molar-refractivity contribution in [2.45, 2.75) is 50.2 Å². The lowest BCUT2D eigenvalue weighted by Gasteiger charge is -2.32. The lowest BCUT2D eigenvalue weighted by molar-refractivity contribution is -0.149. The van der Waals surface area contributed by atoms with E-state index in [1.165, 1.54) is 4.68 Å². The van der Waals surface area contributed by atoms with Gasteiger partial charge in [0, 0.05) is 35.8 Å². The molecule has 0 unspecified atom stereocenters. The molecular formula is C38H40N4O6Si. The van der Waals surface area contributed by atoms with Crippen molar-refractivity contribution in [2.75, 3.05) is 18.1 Å². The first kappa shape index (κ1) is 32.7. The van der Waals surface area contributed by atoms with Crippen LogP contribution in [0.15, 0.2) is 108 Å². The fraction of sp³-hybridized carbons (Fsp3) is 0.289. The van der Waals surface area contributed by atoms with Gasteiger partial charge in [0.05, 0.1) is 41.4 Å². The number of anilines is 2. The molecule has 252 valence electrons. The van der Waals surface area contributed by atoms with E-state index in [1.54, 1.807) is 21.9 Å². The number of aliphatic hydroxyl groups is 1. The van der Waals surface area contributed by atoms with E-state index in [9.17, 15) is 24.3 Å².